The lowest BCUT2D eigenvalue weighted by Crippen LogP contribution is -2.49. The molecule has 2 fully saturated rings. The molecule has 0 aliphatic carbocycles. The molecule has 112 valence electrons. The highest BCUT2D eigenvalue weighted by molar-refractivity contribution is 8.00. The summed E-state index contributed by atoms with van der Waals surface area (Å²) in [6.07, 6.45) is 2.02. The van der Waals surface area contributed by atoms with Crippen LogP contribution in [-0.4, -0.2) is 47.5 Å². The van der Waals surface area contributed by atoms with Gasteiger partial charge in [0, 0.05) is 36.1 Å². The zero-order chi connectivity index (χ0) is 13.1. The number of nitrogens with zero attached hydrogens (tertiary/aromatic N) is 1. The lowest BCUT2D eigenvalue weighted by molar-refractivity contribution is -0.136. The lowest BCUT2D eigenvalue weighted by atomic mass is 9.91. The monoisotopic (exact) mass is 306 g/mol. The molecular formula is C14H27ClN2OS. The van der Waals surface area contributed by atoms with E-state index >= 15 is 0 Å². The maximum atomic E-state index is 12.6. The molecule has 3 atom stereocenters. The van der Waals surface area contributed by atoms with Gasteiger partial charge in [-0.3, -0.25) is 4.79 Å². The summed E-state index contributed by atoms with van der Waals surface area (Å²) in [5.41, 5.74) is 0. The number of nitrogens with one attached hydrogen (secondary N) is 1. The van der Waals surface area contributed by atoms with Gasteiger partial charge < -0.3 is 10.2 Å². The van der Waals surface area contributed by atoms with Crippen LogP contribution < -0.4 is 5.32 Å². The number of hydrogen-bond acceptors (Lipinski definition) is 3. The molecule has 0 radical (unpaired) electrons. The van der Waals surface area contributed by atoms with Crippen LogP contribution in [0.2, 0.25) is 0 Å². The SMILES string of the molecule is CC(C)C1CN(C(=O)[C@H]2CCN[C@@H](C)C2)CCS1.Cl. The standard InChI is InChI=1S/C14H26N2OS.ClH/c1-10(2)13-9-16(6-7-18-13)14(17)12-4-5-15-11(3)8-12;/h10-13,15H,4-9H2,1-3H3;1H/t11-,12-,13?;/m0./s1. The molecule has 3 nitrogen and oxygen atoms in total. The van der Waals surface area contributed by atoms with Crippen LogP contribution in [0.5, 0.6) is 0 Å². The minimum absolute atomic E-state index is 0. The molecule has 1 N–H and O–H groups in total. The van der Waals surface area contributed by atoms with E-state index in [1.54, 1.807) is 0 Å². The van der Waals surface area contributed by atoms with Crippen LogP contribution in [0.25, 0.3) is 0 Å². The van der Waals surface area contributed by atoms with Gasteiger partial charge in [-0.05, 0) is 32.2 Å². The van der Waals surface area contributed by atoms with E-state index in [1.807, 2.05) is 11.8 Å². The summed E-state index contributed by atoms with van der Waals surface area (Å²) in [6.45, 7) is 9.61. The first kappa shape index (κ1) is 17.1. The van der Waals surface area contributed by atoms with Gasteiger partial charge in [0.25, 0.3) is 0 Å². The smallest absolute Gasteiger partial charge is 0.225 e. The zero-order valence-electron chi connectivity index (χ0n) is 12.2. The fraction of sp³-hybridized carbons (Fsp3) is 0.929. The van der Waals surface area contributed by atoms with E-state index < -0.39 is 0 Å². The van der Waals surface area contributed by atoms with Crippen molar-refractivity contribution >= 4 is 30.1 Å². The van der Waals surface area contributed by atoms with Gasteiger partial charge in [0.2, 0.25) is 5.91 Å². The van der Waals surface area contributed by atoms with Gasteiger partial charge in [-0.15, -0.1) is 12.4 Å². The Morgan fingerprint density at radius 3 is 2.79 bits per heavy atom. The summed E-state index contributed by atoms with van der Waals surface area (Å²) < 4.78 is 0. The summed E-state index contributed by atoms with van der Waals surface area (Å²) in [4.78, 5) is 14.7. The predicted octanol–water partition coefficient (Wildman–Crippen LogP) is 2.40. The first-order valence-electron chi connectivity index (χ1n) is 7.21. The molecular weight excluding hydrogens is 280 g/mol. The highest BCUT2D eigenvalue weighted by atomic mass is 35.5. The molecule has 2 aliphatic rings. The van der Waals surface area contributed by atoms with Crippen molar-refractivity contribution in [3.63, 3.8) is 0 Å². The van der Waals surface area contributed by atoms with Gasteiger partial charge in [-0.2, -0.15) is 11.8 Å². The molecule has 0 aromatic heterocycles. The van der Waals surface area contributed by atoms with Crippen LogP contribution in [0.3, 0.4) is 0 Å². The van der Waals surface area contributed by atoms with E-state index in [-0.39, 0.29) is 18.3 Å². The highest BCUT2D eigenvalue weighted by Gasteiger charge is 2.32. The Balaban J connectivity index is 0.00000180. The molecule has 2 rings (SSSR count). The Hall–Kier alpha value is 0.0700. The van der Waals surface area contributed by atoms with Gasteiger partial charge in [0.05, 0.1) is 0 Å². The second kappa shape index (κ2) is 7.75. The Kier molecular flexibility index (Phi) is 6.98. The van der Waals surface area contributed by atoms with Crippen molar-refractivity contribution in [1.82, 2.24) is 10.2 Å². The largest absolute Gasteiger partial charge is 0.341 e. The molecule has 1 unspecified atom stereocenters. The van der Waals surface area contributed by atoms with Crippen LogP contribution in [0.4, 0.5) is 0 Å². The number of thioether (sulfide) groups is 1. The van der Waals surface area contributed by atoms with Gasteiger partial charge in [-0.25, -0.2) is 0 Å². The van der Waals surface area contributed by atoms with Crippen molar-refractivity contribution in [2.75, 3.05) is 25.4 Å². The average molecular weight is 307 g/mol. The van der Waals surface area contributed by atoms with Crippen molar-refractivity contribution in [1.29, 1.82) is 0 Å². The van der Waals surface area contributed by atoms with Crippen molar-refractivity contribution in [3.8, 4) is 0 Å². The summed E-state index contributed by atoms with van der Waals surface area (Å²) >= 11 is 2.03. The molecule has 0 aromatic rings. The molecule has 0 aromatic carbocycles. The van der Waals surface area contributed by atoms with Crippen LogP contribution >= 0.6 is 24.2 Å². The van der Waals surface area contributed by atoms with E-state index in [4.69, 9.17) is 0 Å². The van der Waals surface area contributed by atoms with Crippen LogP contribution in [-0.2, 0) is 4.79 Å². The van der Waals surface area contributed by atoms with Gasteiger partial charge in [0.1, 0.15) is 0 Å². The van der Waals surface area contributed by atoms with Gasteiger partial charge in [-0.1, -0.05) is 13.8 Å². The lowest BCUT2D eigenvalue weighted by Gasteiger charge is -2.38. The summed E-state index contributed by atoms with van der Waals surface area (Å²) in [5, 5.41) is 4.05. The van der Waals surface area contributed by atoms with E-state index in [2.05, 4.69) is 31.0 Å². The summed E-state index contributed by atoms with van der Waals surface area (Å²) in [7, 11) is 0. The molecule has 5 heteroatoms. The van der Waals surface area contributed by atoms with Gasteiger partial charge >= 0.3 is 0 Å². The number of carbonyl (C=O) groups excluding carboxylic acids is 1. The predicted molar refractivity (Wildman–Crippen MR) is 85.1 cm³/mol. The molecule has 0 bridgehead atoms. The Morgan fingerprint density at radius 1 is 1.42 bits per heavy atom. The van der Waals surface area contributed by atoms with E-state index in [0.29, 0.717) is 23.1 Å². The fourth-order valence-electron chi connectivity index (χ4n) is 2.89. The zero-order valence-corrected chi connectivity index (χ0v) is 13.9. The Bertz CT molecular complexity index is 301. The second-order valence-electron chi connectivity index (χ2n) is 6.01. The van der Waals surface area contributed by atoms with Crippen molar-refractivity contribution in [2.24, 2.45) is 11.8 Å². The maximum Gasteiger partial charge on any atom is 0.225 e. The number of rotatable bonds is 2. The minimum Gasteiger partial charge on any atom is -0.341 e. The van der Waals surface area contributed by atoms with E-state index in [1.165, 1.54) is 0 Å². The molecule has 2 aliphatic heterocycles. The van der Waals surface area contributed by atoms with Crippen LogP contribution in [0.1, 0.15) is 33.6 Å². The summed E-state index contributed by atoms with van der Waals surface area (Å²) in [6, 6.07) is 0.493. The third-order valence-corrected chi connectivity index (χ3v) is 5.66. The summed E-state index contributed by atoms with van der Waals surface area (Å²) in [5.74, 6) is 2.44. The van der Waals surface area contributed by atoms with Crippen LogP contribution in [0, 0.1) is 11.8 Å². The molecule has 0 saturated carbocycles. The van der Waals surface area contributed by atoms with Crippen molar-refractivity contribution in [2.45, 2.75) is 44.9 Å². The Labute approximate surface area is 127 Å². The number of piperidine rings is 1. The number of hydrogen-bond donors (Lipinski definition) is 1. The quantitative estimate of drug-likeness (QED) is 0.850. The second-order valence-corrected chi connectivity index (χ2v) is 7.36. The third kappa shape index (κ3) is 4.54. The third-order valence-electron chi connectivity index (χ3n) is 4.12. The highest BCUT2D eigenvalue weighted by Crippen LogP contribution is 2.27. The maximum absolute atomic E-state index is 12.6. The first-order valence-corrected chi connectivity index (χ1v) is 8.26. The minimum atomic E-state index is 0. The van der Waals surface area contributed by atoms with Crippen LogP contribution in [0.15, 0.2) is 0 Å². The average Bonchev–Trinajstić information content (AvgIpc) is 2.38. The van der Waals surface area contributed by atoms with E-state index in [9.17, 15) is 4.79 Å². The normalized spacial score (nSPS) is 32.0. The van der Waals surface area contributed by atoms with E-state index in [0.717, 1.165) is 38.2 Å². The van der Waals surface area contributed by atoms with Gasteiger partial charge in [0.15, 0.2) is 0 Å². The molecule has 19 heavy (non-hydrogen) atoms. The molecule has 2 saturated heterocycles. The number of amides is 1. The van der Waals surface area contributed by atoms with Crippen molar-refractivity contribution < 1.29 is 4.79 Å². The number of carbonyl (C=O) groups is 1. The Morgan fingerprint density at radius 2 is 2.16 bits per heavy atom. The number of halogens is 1. The fourth-order valence-corrected chi connectivity index (χ4v) is 4.19. The topological polar surface area (TPSA) is 32.3 Å². The molecule has 1 amide bonds. The molecule has 2 heterocycles. The van der Waals surface area contributed by atoms with Crippen molar-refractivity contribution in [3.05, 3.63) is 0 Å². The first-order chi connectivity index (χ1) is 8.58. The molecule has 0 spiro atoms.